The smallest absolute Gasteiger partial charge is 0.271 e. The number of rotatable bonds is 4. The number of carbonyl (C=O) groups is 2. The first kappa shape index (κ1) is 17.3. The van der Waals surface area contributed by atoms with E-state index < -0.39 is 21.8 Å². The quantitative estimate of drug-likeness (QED) is 0.813. The lowest BCUT2D eigenvalue weighted by Crippen LogP contribution is -2.42. The third-order valence-corrected chi connectivity index (χ3v) is 5.83. The lowest BCUT2D eigenvalue weighted by atomic mass is 10.1. The Bertz CT molecular complexity index is 819. The summed E-state index contributed by atoms with van der Waals surface area (Å²) in [7, 11) is -1.65. The molecule has 0 saturated carbocycles. The first-order valence-corrected chi connectivity index (χ1v) is 9.61. The van der Waals surface area contributed by atoms with Crippen molar-refractivity contribution in [1.29, 1.82) is 0 Å². The molecule has 1 atom stereocenters. The highest BCUT2D eigenvalue weighted by Crippen LogP contribution is 2.22. The summed E-state index contributed by atoms with van der Waals surface area (Å²) in [6, 6.07) is 2.75. The van der Waals surface area contributed by atoms with E-state index >= 15 is 0 Å². The molecule has 2 aliphatic heterocycles. The van der Waals surface area contributed by atoms with Crippen molar-refractivity contribution in [3.05, 3.63) is 18.3 Å². The van der Waals surface area contributed by atoms with Crippen molar-refractivity contribution in [2.24, 2.45) is 5.10 Å². The maximum Gasteiger partial charge on any atom is 0.271 e. The van der Waals surface area contributed by atoms with Crippen molar-refractivity contribution < 1.29 is 22.7 Å². The summed E-state index contributed by atoms with van der Waals surface area (Å²) in [5, 5.41) is 7.94. The van der Waals surface area contributed by atoms with Gasteiger partial charge in [-0.3, -0.25) is 9.59 Å². The third kappa shape index (κ3) is 3.95. The molecule has 9 nitrogen and oxygen atoms in total. The normalized spacial score (nSPS) is 22.4. The maximum atomic E-state index is 12.4. The topological polar surface area (TPSA) is 118 Å². The van der Waals surface area contributed by atoms with Gasteiger partial charge in [-0.05, 0) is 12.5 Å². The molecule has 0 aliphatic carbocycles. The van der Waals surface area contributed by atoms with Gasteiger partial charge in [0.15, 0.2) is 9.84 Å². The van der Waals surface area contributed by atoms with E-state index in [0.717, 1.165) is 5.01 Å². The summed E-state index contributed by atoms with van der Waals surface area (Å²) < 4.78 is 28.2. The minimum Gasteiger partial charge on any atom is -0.481 e. The largest absolute Gasteiger partial charge is 0.481 e. The van der Waals surface area contributed by atoms with Crippen LogP contribution in [0.15, 0.2) is 23.4 Å². The van der Waals surface area contributed by atoms with Crippen molar-refractivity contribution in [2.45, 2.75) is 25.3 Å². The molecule has 10 heteroatoms. The SMILES string of the molecule is COc1ccc(NC(=O)C2=NN([C@@H]3CCS(=O)(=O)C3)C(=O)CC2)cn1. The summed E-state index contributed by atoms with van der Waals surface area (Å²) in [6.07, 6.45) is 2.13. The number of hydrogen-bond acceptors (Lipinski definition) is 7. The van der Waals surface area contributed by atoms with Crippen LogP contribution < -0.4 is 10.1 Å². The number of anilines is 1. The fraction of sp³-hybridized carbons (Fsp3) is 0.467. The third-order valence-electron chi connectivity index (χ3n) is 4.08. The number of ether oxygens (including phenoxy) is 1. The minimum atomic E-state index is -3.14. The van der Waals surface area contributed by atoms with E-state index in [-0.39, 0.29) is 36.0 Å². The van der Waals surface area contributed by atoms with Crippen LogP contribution in [0.1, 0.15) is 19.3 Å². The van der Waals surface area contributed by atoms with E-state index in [9.17, 15) is 18.0 Å². The van der Waals surface area contributed by atoms with Crippen molar-refractivity contribution >= 4 is 33.1 Å². The van der Waals surface area contributed by atoms with Gasteiger partial charge in [0.05, 0.1) is 36.5 Å². The first-order chi connectivity index (χ1) is 11.9. The second kappa shape index (κ2) is 6.79. The van der Waals surface area contributed by atoms with Gasteiger partial charge in [-0.15, -0.1) is 0 Å². The van der Waals surface area contributed by atoms with Gasteiger partial charge in [-0.2, -0.15) is 5.10 Å². The molecular formula is C15H18N4O5S. The lowest BCUT2D eigenvalue weighted by Gasteiger charge is -2.27. The monoisotopic (exact) mass is 366 g/mol. The average Bonchev–Trinajstić information content (AvgIpc) is 2.95. The van der Waals surface area contributed by atoms with Crippen molar-refractivity contribution in [3.8, 4) is 5.88 Å². The second-order valence-electron chi connectivity index (χ2n) is 5.89. The Morgan fingerprint density at radius 1 is 1.36 bits per heavy atom. The van der Waals surface area contributed by atoms with Gasteiger partial charge in [0.1, 0.15) is 5.71 Å². The zero-order valence-electron chi connectivity index (χ0n) is 13.6. The minimum absolute atomic E-state index is 0.0377. The van der Waals surface area contributed by atoms with E-state index in [2.05, 4.69) is 15.4 Å². The fourth-order valence-electron chi connectivity index (χ4n) is 2.77. The van der Waals surface area contributed by atoms with Gasteiger partial charge in [0.25, 0.3) is 5.91 Å². The Labute approximate surface area is 145 Å². The number of sulfone groups is 1. The molecule has 25 heavy (non-hydrogen) atoms. The summed E-state index contributed by atoms with van der Waals surface area (Å²) in [4.78, 5) is 28.4. The summed E-state index contributed by atoms with van der Waals surface area (Å²) >= 11 is 0. The number of methoxy groups -OCH3 is 1. The van der Waals surface area contributed by atoms with Crippen LogP contribution in [-0.4, -0.2) is 60.6 Å². The fourth-order valence-corrected chi connectivity index (χ4v) is 4.46. The van der Waals surface area contributed by atoms with Crippen molar-refractivity contribution in [1.82, 2.24) is 9.99 Å². The zero-order chi connectivity index (χ0) is 18.0. The number of hydrazone groups is 1. The van der Waals surface area contributed by atoms with E-state index in [1.165, 1.54) is 13.3 Å². The van der Waals surface area contributed by atoms with Gasteiger partial charge in [0.2, 0.25) is 11.8 Å². The molecule has 1 N–H and O–H groups in total. The molecule has 2 amide bonds. The highest BCUT2D eigenvalue weighted by molar-refractivity contribution is 7.91. The number of aromatic nitrogens is 1. The highest BCUT2D eigenvalue weighted by atomic mass is 32.2. The molecule has 1 saturated heterocycles. The van der Waals surface area contributed by atoms with Crippen LogP contribution in [0.25, 0.3) is 0 Å². The molecule has 3 heterocycles. The van der Waals surface area contributed by atoms with Crippen LogP contribution in [0, 0.1) is 0 Å². The number of pyridine rings is 1. The first-order valence-electron chi connectivity index (χ1n) is 7.79. The van der Waals surface area contributed by atoms with Crippen LogP contribution >= 0.6 is 0 Å². The molecule has 2 aliphatic rings. The number of hydrogen-bond donors (Lipinski definition) is 1. The molecule has 134 valence electrons. The molecular weight excluding hydrogens is 348 g/mol. The van der Waals surface area contributed by atoms with Crippen LogP contribution in [0.4, 0.5) is 5.69 Å². The van der Waals surface area contributed by atoms with E-state index in [1.54, 1.807) is 12.1 Å². The van der Waals surface area contributed by atoms with Crippen molar-refractivity contribution in [3.63, 3.8) is 0 Å². The Kier molecular flexibility index (Phi) is 4.71. The Hall–Kier alpha value is -2.49. The molecule has 0 unspecified atom stereocenters. The van der Waals surface area contributed by atoms with Gasteiger partial charge in [-0.25, -0.2) is 18.4 Å². The van der Waals surface area contributed by atoms with Crippen LogP contribution in [-0.2, 0) is 19.4 Å². The van der Waals surface area contributed by atoms with Gasteiger partial charge >= 0.3 is 0 Å². The van der Waals surface area contributed by atoms with Crippen LogP contribution in [0.5, 0.6) is 5.88 Å². The summed E-state index contributed by atoms with van der Waals surface area (Å²) in [5.41, 5.74) is 0.667. The second-order valence-corrected chi connectivity index (χ2v) is 8.11. The molecule has 0 bridgehead atoms. The van der Waals surface area contributed by atoms with Gasteiger partial charge in [0, 0.05) is 18.9 Å². The van der Waals surface area contributed by atoms with Gasteiger partial charge in [-0.1, -0.05) is 0 Å². The van der Waals surface area contributed by atoms with Crippen LogP contribution in [0.3, 0.4) is 0 Å². The molecule has 1 fully saturated rings. The van der Waals surface area contributed by atoms with E-state index in [0.29, 0.717) is 18.0 Å². The van der Waals surface area contributed by atoms with Crippen molar-refractivity contribution in [2.75, 3.05) is 23.9 Å². The predicted molar refractivity (Wildman–Crippen MR) is 90.0 cm³/mol. The Morgan fingerprint density at radius 2 is 2.16 bits per heavy atom. The number of nitrogens with one attached hydrogen (secondary N) is 1. The Morgan fingerprint density at radius 3 is 2.76 bits per heavy atom. The summed E-state index contributed by atoms with van der Waals surface area (Å²) in [6.45, 7) is 0. The van der Waals surface area contributed by atoms with E-state index in [1.807, 2.05) is 0 Å². The molecule has 0 spiro atoms. The zero-order valence-corrected chi connectivity index (χ0v) is 14.5. The van der Waals surface area contributed by atoms with Gasteiger partial charge < -0.3 is 10.1 Å². The standard InChI is InChI=1S/C15H18N4O5S/c1-24-13-4-2-10(8-16-13)17-15(21)12-3-5-14(20)19(18-12)11-6-7-25(22,23)9-11/h2,4,8,11H,3,5-7,9H2,1H3,(H,17,21)/t11-/m1/s1. The maximum absolute atomic E-state index is 12.4. The Balaban J connectivity index is 1.72. The highest BCUT2D eigenvalue weighted by Gasteiger charge is 2.37. The summed E-state index contributed by atoms with van der Waals surface area (Å²) in [5.74, 6) is -0.349. The number of carbonyl (C=O) groups excluding carboxylic acids is 2. The van der Waals surface area contributed by atoms with E-state index in [4.69, 9.17) is 4.74 Å². The average molecular weight is 366 g/mol. The number of nitrogens with zero attached hydrogens (tertiary/aromatic N) is 3. The van der Waals surface area contributed by atoms with Crippen LogP contribution in [0.2, 0.25) is 0 Å². The molecule has 3 rings (SSSR count). The molecule has 0 aromatic carbocycles. The number of amides is 2. The lowest BCUT2D eigenvalue weighted by molar-refractivity contribution is -0.133. The molecule has 0 radical (unpaired) electrons. The predicted octanol–water partition coefficient (Wildman–Crippen LogP) is 0.194. The molecule has 1 aromatic rings. The molecule has 1 aromatic heterocycles.